The third kappa shape index (κ3) is 5.16. The van der Waals surface area contributed by atoms with E-state index >= 15 is 0 Å². The van der Waals surface area contributed by atoms with Crippen LogP contribution in [-0.2, 0) is 10.8 Å². The lowest BCUT2D eigenvalue weighted by Crippen LogP contribution is -2.29. The summed E-state index contributed by atoms with van der Waals surface area (Å²) in [6, 6.07) is 58.5. The van der Waals surface area contributed by atoms with Gasteiger partial charge in [0.1, 0.15) is 5.58 Å². The zero-order valence-corrected chi connectivity index (χ0v) is 34.4. The summed E-state index contributed by atoms with van der Waals surface area (Å²) in [7, 11) is 0. The molecule has 2 aromatic heterocycles. The fraction of sp³-hybridized carbons (Fsp3) is 0.207. The highest BCUT2D eigenvalue weighted by atomic mass is 16.3. The molecular weight excluding hydrogens is 741 g/mol. The minimum atomic E-state index is 0.0828. The molecule has 0 radical (unpaired) electrons. The Labute approximate surface area is 357 Å². The smallest absolute Gasteiger partial charge is 0.231 e. The second-order valence-electron chi connectivity index (χ2n) is 18.2. The van der Waals surface area contributed by atoms with E-state index in [1.807, 2.05) is 24.3 Å². The van der Waals surface area contributed by atoms with E-state index in [1.54, 1.807) is 22.3 Å². The van der Waals surface area contributed by atoms with Crippen molar-refractivity contribution in [3.63, 3.8) is 0 Å². The maximum atomic E-state index is 6.35. The average molecular weight is 787 g/mol. The van der Waals surface area contributed by atoms with Gasteiger partial charge < -0.3 is 4.42 Å². The molecule has 0 atom stereocenters. The quantitative estimate of drug-likeness (QED) is 0.178. The van der Waals surface area contributed by atoms with Crippen LogP contribution >= 0.6 is 0 Å². The van der Waals surface area contributed by atoms with Crippen LogP contribution in [0.5, 0.6) is 0 Å². The SMILES string of the molecule is c1ccc(-c2nc(-c3cccc(-c4ccc(-c5cccc6c5-c5cc7c(cc5C65CCCCC5)-c5ccccc5C75CCCCC5)cc4)c3)nc3oc4ccccc4c23)cc1. The Morgan fingerprint density at radius 3 is 1.82 bits per heavy atom. The molecule has 9 aromatic rings. The largest absolute Gasteiger partial charge is 0.438 e. The number of hydrogen-bond donors (Lipinski definition) is 0. The molecule has 0 bridgehead atoms. The molecule has 4 aliphatic carbocycles. The second-order valence-corrected chi connectivity index (χ2v) is 18.2. The lowest BCUT2D eigenvalue weighted by molar-refractivity contribution is 0.350. The van der Waals surface area contributed by atoms with Gasteiger partial charge >= 0.3 is 0 Å². The zero-order valence-electron chi connectivity index (χ0n) is 34.4. The molecule has 2 saturated carbocycles. The maximum Gasteiger partial charge on any atom is 0.231 e. The Kier molecular flexibility index (Phi) is 7.77. The van der Waals surface area contributed by atoms with Gasteiger partial charge in [-0.15, -0.1) is 0 Å². The third-order valence-electron chi connectivity index (χ3n) is 15.1. The number of rotatable bonds is 4. The van der Waals surface area contributed by atoms with Crippen LogP contribution < -0.4 is 0 Å². The van der Waals surface area contributed by atoms with Gasteiger partial charge in [-0.25, -0.2) is 4.98 Å². The number of fused-ring (bicyclic) bond motifs is 13. The van der Waals surface area contributed by atoms with Gasteiger partial charge in [0.15, 0.2) is 5.82 Å². The fourth-order valence-corrected chi connectivity index (χ4v) is 12.4. The van der Waals surface area contributed by atoms with E-state index in [4.69, 9.17) is 14.4 Å². The van der Waals surface area contributed by atoms with Crippen molar-refractivity contribution in [3.05, 3.63) is 180 Å². The van der Waals surface area contributed by atoms with E-state index in [0.29, 0.717) is 11.5 Å². The van der Waals surface area contributed by atoms with E-state index in [2.05, 4.69) is 133 Å². The normalized spacial score (nSPS) is 16.8. The van der Waals surface area contributed by atoms with Crippen LogP contribution in [0.1, 0.15) is 86.5 Å². The molecule has 2 heterocycles. The third-order valence-corrected chi connectivity index (χ3v) is 15.1. The van der Waals surface area contributed by atoms with E-state index in [-0.39, 0.29) is 10.8 Å². The number of benzene rings is 7. The van der Waals surface area contributed by atoms with Gasteiger partial charge in [0.2, 0.25) is 5.71 Å². The summed E-state index contributed by atoms with van der Waals surface area (Å²) in [6.45, 7) is 0. The molecule has 294 valence electrons. The van der Waals surface area contributed by atoms with E-state index in [9.17, 15) is 0 Å². The first-order valence-corrected chi connectivity index (χ1v) is 22.6. The van der Waals surface area contributed by atoms with Gasteiger partial charge in [-0.1, -0.05) is 172 Å². The summed E-state index contributed by atoms with van der Waals surface area (Å²) >= 11 is 0. The highest BCUT2D eigenvalue weighted by molar-refractivity contribution is 6.10. The van der Waals surface area contributed by atoms with E-state index in [0.717, 1.165) is 38.7 Å². The monoisotopic (exact) mass is 786 g/mol. The molecule has 2 fully saturated rings. The fourth-order valence-electron chi connectivity index (χ4n) is 12.4. The van der Waals surface area contributed by atoms with Crippen LogP contribution in [0.15, 0.2) is 162 Å². The predicted molar refractivity (Wildman–Crippen MR) is 250 cm³/mol. The first-order chi connectivity index (χ1) is 30.2. The minimum Gasteiger partial charge on any atom is -0.438 e. The van der Waals surface area contributed by atoms with Gasteiger partial charge in [-0.2, -0.15) is 4.98 Å². The van der Waals surface area contributed by atoms with Gasteiger partial charge in [0.05, 0.1) is 11.1 Å². The number of nitrogens with zero attached hydrogens (tertiary/aromatic N) is 2. The average Bonchev–Trinajstić information content (AvgIpc) is 3.93. The van der Waals surface area contributed by atoms with Crippen LogP contribution in [0.4, 0.5) is 0 Å². The Hall–Kier alpha value is -6.58. The van der Waals surface area contributed by atoms with Crippen molar-refractivity contribution in [1.82, 2.24) is 9.97 Å². The van der Waals surface area contributed by atoms with Crippen LogP contribution in [0.2, 0.25) is 0 Å². The van der Waals surface area contributed by atoms with Crippen molar-refractivity contribution in [2.75, 3.05) is 0 Å². The van der Waals surface area contributed by atoms with Gasteiger partial charge in [0.25, 0.3) is 0 Å². The van der Waals surface area contributed by atoms with E-state index < -0.39 is 0 Å². The molecule has 13 rings (SSSR count). The van der Waals surface area contributed by atoms with Crippen molar-refractivity contribution < 1.29 is 4.42 Å². The summed E-state index contributed by atoms with van der Waals surface area (Å²) < 4.78 is 6.35. The number of aromatic nitrogens is 2. The molecule has 7 aromatic carbocycles. The summed E-state index contributed by atoms with van der Waals surface area (Å²) in [5, 5.41) is 1.98. The Morgan fingerprint density at radius 1 is 0.393 bits per heavy atom. The molecule has 0 aliphatic heterocycles. The molecule has 0 saturated heterocycles. The highest BCUT2D eigenvalue weighted by Gasteiger charge is 2.49. The molecule has 3 heteroatoms. The van der Waals surface area contributed by atoms with Crippen LogP contribution in [0.3, 0.4) is 0 Å². The minimum absolute atomic E-state index is 0.0828. The molecule has 0 N–H and O–H groups in total. The number of hydrogen-bond acceptors (Lipinski definition) is 3. The summed E-state index contributed by atoms with van der Waals surface area (Å²) in [5.41, 5.74) is 21.8. The standard InChI is InChI=1S/C58H46N2O/c1-4-16-39(17-5-1)54-53-44-21-7-9-25-51(44)61-56(53)60-55(59-54)41-19-14-18-40(34-41)37-26-28-38(29-27-37)42-22-15-24-48-52(42)46-36-49-45(35-50(46)58(48)32-12-3-13-33-58)43-20-6-8-23-47(43)57(49)30-10-2-11-31-57/h1,4-9,14-29,34-36H,2-3,10-13,30-33H2. The van der Waals surface area contributed by atoms with Crippen LogP contribution in [0, 0.1) is 0 Å². The van der Waals surface area contributed by atoms with Crippen molar-refractivity contribution in [2.24, 2.45) is 0 Å². The molecule has 61 heavy (non-hydrogen) atoms. The first-order valence-electron chi connectivity index (χ1n) is 22.6. The summed E-state index contributed by atoms with van der Waals surface area (Å²) in [6.07, 6.45) is 12.9. The summed E-state index contributed by atoms with van der Waals surface area (Å²) in [4.78, 5) is 10.3. The van der Waals surface area contributed by atoms with Gasteiger partial charge in [-0.05, 0) is 117 Å². The maximum absolute atomic E-state index is 6.35. The number of para-hydroxylation sites is 1. The van der Waals surface area contributed by atoms with E-state index in [1.165, 1.54) is 103 Å². The van der Waals surface area contributed by atoms with Crippen molar-refractivity contribution >= 4 is 22.1 Å². The Bertz CT molecular complexity index is 3200. The zero-order chi connectivity index (χ0) is 40.1. The molecule has 2 spiro atoms. The molecule has 0 amide bonds. The van der Waals surface area contributed by atoms with Crippen molar-refractivity contribution in [1.29, 1.82) is 0 Å². The topological polar surface area (TPSA) is 38.9 Å². The predicted octanol–water partition coefficient (Wildman–Crippen LogP) is 15.5. The first kappa shape index (κ1) is 35.2. The number of furan rings is 1. The lowest BCUT2D eigenvalue weighted by atomic mass is 9.66. The molecule has 3 nitrogen and oxygen atoms in total. The van der Waals surface area contributed by atoms with Crippen LogP contribution in [-0.4, -0.2) is 9.97 Å². The van der Waals surface area contributed by atoms with Crippen LogP contribution in [0.25, 0.3) is 89.2 Å². The molecule has 4 aliphatic rings. The van der Waals surface area contributed by atoms with Gasteiger partial charge in [-0.3, -0.25) is 0 Å². The van der Waals surface area contributed by atoms with Crippen molar-refractivity contribution in [2.45, 2.75) is 75.0 Å². The second kappa shape index (κ2) is 13.5. The Morgan fingerprint density at radius 2 is 1.00 bits per heavy atom. The van der Waals surface area contributed by atoms with Crippen molar-refractivity contribution in [3.8, 4) is 67.2 Å². The summed E-state index contributed by atoms with van der Waals surface area (Å²) in [5.74, 6) is 0.656. The Balaban J connectivity index is 0.911. The van der Waals surface area contributed by atoms with Gasteiger partial charge in [0, 0.05) is 27.3 Å². The molecular formula is C58H46N2O. The highest BCUT2D eigenvalue weighted by Crippen LogP contribution is 2.63. The molecule has 0 unspecified atom stereocenters. The lowest BCUT2D eigenvalue weighted by Gasteiger charge is -2.37.